The fourth-order valence-corrected chi connectivity index (χ4v) is 4.06. The number of carbonyl (C=O) groups excluding carboxylic acids is 2. The van der Waals surface area contributed by atoms with Crippen LogP contribution in [0.15, 0.2) is 29.2 Å². The average Bonchev–Trinajstić information content (AvgIpc) is 3.06. The third-order valence-corrected chi connectivity index (χ3v) is 5.52. The van der Waals surface area contributed by atoms with Crippen molar-refractivity contribution < 1.29 is 14.3 Å². The van der Waals surface area contributed by atoms with Crippen LogP contribution in [-0.4, -0.2) is 47.8 Å². The fraction of sp³-hybridized carbons (Fsp3) is 0.529. The van der Waals surface area contributed by atoms with Gasteiger partial charge in [0.2, 0.25) is 11.8 Å². The maximum absolute atomic E-state index is 12.6. The van der Waals surface area contributed by atoms with Crippen LogP contribution in [0.3, 0.4) is 0 Å². The first-order chi connectivity index (χ1) is 11.2. The minimum Gasteiger partial charge on any atom is -0.376 e. The van der Waals surface area contributed by atoms with Crippen molar-refractivity contribution in [2.45, 2.75) is 42.4 Å². The maximum atomic E-state index is 12.6. The van der Waals surface area contributed by atoms with Gasteiger partial charge in [-0.3, -0.25) is 9.59 Å². The van der Waals surface area contributed by atoms with Crippen LogP contribution >= 0.6 is 11.8 Å². The van der Waals surface area contributed by atoms with Crippen LogP contribution in [-0.2, 0) is 14.3 Å². The molecule has 5 nitrogen and oxygen atoms in total. The Bertz CT molecular complexity index is 587. The van der Waals surface area contributed by atoms with E-state index < -0.39 is 0 Å². The molecule has 23 heavy (non-hydrogen) atoms. The SMILES string of the molecule is CCN(C[C@H]1CCCO1)C(=O)C[C@@H]1Sc2ccccc2NC1=O. The minimum atomic E-state index is -0.365. The molecule has 0 spiro atoms. The molecule has 0 unspecified atom stereocenters. The molecule has 2 amide bonds. The molecule has 1 aromatic rings. The van der Waals surface area contributed by atoms with Crippen LogP contribution in [0.4, 0.5) is 5.69 Å². The van der Waals surface area contributed by atoms with Crippen molar-refractivity contribution in [2.24, 2.45) is 0 Å². The van der Waals surface area contributed by atoms with Crippen LogP contribution < -0.4 is 5.32 Å². The first-order valence-electron chi connectivity index (χ1n) is 8.13. The van der Waals surface area contributed by atoms with Gasteiger partial charge in [-0.15, -0.1) is 11.8 Å². The van der Waals surface area contributed by atoms with Crippen LogP contribution in [0.2, 0.25) is 0 Å². The molecule has 0 saturated carbocycles. The third-order valence-electron chi connectivity index (χ3n) is 4.25. The summed E-state index contributed by atoms with van der Waals surface area (Å²) in [6.45, 7) is 4.03. The molecule has 0 aromatic heterocycles. The molecular formula is C17H22N2O3S. The van der Waals surface area contributed by atoms with Crippen LogP contribution in [0.25, 0.3) is 0 Å². The molecule has 0 aliphatic carbocycles. The summed E-state index contributed by atoms with van der Waals surface area (Å²) in [7, 11) is 0. The molecule has 2 aliphatic rings. The summed E-state index contributed by atoms with van der Waals surface area (Å²) in [5, 5.41) is 2.53. The number of likely N-dealkylation sites (N-methyl/N-ethyl adjacent to an activating group) is 1. The van der Waals surface area contributed by atoms with Crippen molar-refractivity contribution in [1.82, 2.24) is 4.90 Å². The molecule has 124 valence electrons. The summed E-state index contributed by atoms with van der Waals surface area (Å²) in [5.74, 6) is -0.0646. The highest BCUT2D eigenvalue weighted by molar-refractivity contribution is 8.01. The standard InChI is InChI=1S/C17H22N2O3S/c1-2-19(11-12-6-5-9-22-12)16(20)10-15-17(21)18-13-7-3-4-8-14(13)23-15/h3-4,7-8,12,15H,2,5-6,9-11H2,1H3,(H,18,21)/t12-,15+/m1/s1. The van der Waals surface area contributed by atoms with Gasteiger partial charge >= 0.3 is 0 Å². The van der Waals surface area contributed by atoms with Gasteiger partial charge < -0.3 is 15.0 Å². The molecule has 1 N–H and O–H groups in total. The smallest absolute Gasteiger partial charge is 0.238 e. The highest BCUT2D eigenvalue weighted by atomic mass is 32.2. The van der Waals surface area contributed by atoms with Gasteiger partial charge in [-0.05, 0) is 31.9 Å². The zero-order valence-corrected chi connectivity index (χ0v) is 14.1. The van der Waals surface area contributed by atoms with Crippen molar-refractivity contribution in [3.63, 3.8) is 0 Å². The summed E-state index contributed by atoms with van der Waals surface area (Å²) in [6.07, 6.45) is 2.45. The number of thioether (sulfide) groups is 1. The number of carbonyl (C=O) groups is 2. The number of nitrogens with zero attached hydrogens (tertiary/aromatic N) is 1. The van der Waals surface area contributed by atoms with Crippen molar-refractivity contribution in [3.8, 4) is 0 Å². The first-order valence-corrected chi connectivity index (χ1v) is 9.01. The van der Waals surface area contributed by atoms with Gasteiger partial charge in [0, 0.05) is 31.0 Å². The Hall–Kier alpha value is -1.53. The van der Waals surface area contributed by atoms with E-state index in [0.29, 0.717) is 13.1 Å². The lowest BCUT2D eigenvalue weighted by Crippen LogP contribution is -2.40. The van der Waals surface area contributed by atoms with Gasteiger partial charge in [0.05, 0.1) is 17.0 Å². The second kappa shape index (κ2) is 7.36. The van der Waals surface area contributed by atoms with E-state index in [1.807, 2.05) is 36.1 Å². The number of hydrogen-bond donors (Lipinski definition) is 1. The number of rotatable bonds is 5. The molecular weight excluding hydrogens is 312 g/mol. The fourth-order valence-electron chi connectivity index (χ4n) is 2.96. The normalized spacial score (nSPS) is 23.3. The quantitative estimate of drug-likeness (QED) is 0.899. The molecule has 6 heteroatoms. The monoisotopic (exact) mass is 334 g/mol. The second-order valence-corrected chi connectivity index (χ2v) is 7.11. The summed E-state index contributed by atoms with van der Waals surface area (Å²) in [5.41, 5.74) is 0.831. The Balaban J connectivity index is 1.61. The zero-order valence-electron chi connectivity index (χ0n) is 13.3. The number of nitrogens with one attached hydrogen (secondary N) is 1. The highest BCUT2D eigenvalue weighted by Crippen LogP contribution is 2.36. The van der Waals surface area contributed by atoms with Gasteiger partial charge in [0.15, 0.2) is 0 Å². The summed E-state index contributed by atoms with van der Waals surface area (Å²) < 4.78 is 5.61. The van der Waals surface area contributed by atoms with E-state index in [1.165, 1.54) is 11.8 Å². The Morgan fingerprint density at radius 3 is 3.00 bits per heavy atom. The van der Waals surface area contributed by atoms with Crippen molar-refractivity contribution in [3.05, 3.63) is 24.3 Å². The minimum absolute atomic E-state index is 0.0232. The molecule has 2 atom stereocenters. The Morgan fingerprint density at radius 1 is 1.43 bits per heavy atom. The zero-order chi connectivity index (χ0) is 16.2. The van der Waals surface area contributed by atoms with Gasteiger partial charge in [-0.1, -0.05) is 12.1 Å². The largest absolute Gasteiger partial charge is 0.376 e. The number of para-hydroxylation sites is 1. The molecule has 1 fully saturated rings. The van der Waals surface area contributed by atoms with E-state index in [4.69, 9.17) is 4.74 Å². The molecule has 0 bridgehead atoms. The van der Waals surface area contributed by atoms with Crippen molar-refractivity contribution in [2.75, 3.05) is 25.0 Å². The van der Waals surface area contributed by atoms with E-state index in [0.717, 1.165) is 30.0 Å². The molecule has 2 aliphatic heterocycles. The van der Waals surface area contributed by atoms with E-state index >= 15 is 0 Å². The van der Waals surface area contributed by atoms with E-state index in [2.05, 4.69) is 5.32 Å². The van der Waals surface area contributed by atoms with Gasteiger partial charge in [-0.25, -0.2) is 0 Å². The lowest BCUT2D eigenvalue weighted by molar-refractivity contribution is -0.133. The third kappa shape index (κ3) is 3.87. The molecule has 1 saturated heterocycles. The Kier molecular flexibility index (Phi) is 5.23. The number of anilines is 1. The predicted molar refractivity (Wildman–Crippen MR) is 90.6 cm³/mol. The lowest BCUT2D eigenvalue weighted by atomic mass is 10.2. The second-order valence-electron chi connectivity index (χ2n) is 5.86. The van der Waals surface area contributed by atoms with Gasteiger partial charge in [0.25, 0.3) is 0 Å². The summed E-state index contributed by atoms with van der Waals surface area (Å²) in [4.78, 5) is 27.6. The number of amides is 2. The number of fused-ring (bicyclic) bond motifs is 1. The number of ether oxygens (including phenoxy) is 1. The number of benzene rings is 1. The molecule has 1 aromatic carbocycles. The van der Waals surface area contributed by atoms with Crippen molar-refractivity contribution >= 4 is 29.3 Å². The summed E-state index contributed by atoms with van der Waals surface area (Å²) >= 11 is 1.47. The van der Waals surface area contributed by atoms with Gasteiger partial charge in [0.1, 0.15) is 0 Å². The van der Waals surface area contributed by atoms with E-state index in [1.54, 1.807) is 0 Å². The van der Waals surface area contributed by atoms with Gasteiger partial charge in [-0.2, -0.15) is 0 Å². The molecule has 0 radical (unpaired) electrons. The maximum Gasteiger partial charge on any atom is 0.238 e. The Labute approximate surface area is 140 Å². The first kappa shape index (κ1) is 16.3. The van der Waals surface area contributed by atoms with Crippen LogP contribution in [0, 0.1) is 0 Å². The Morgan fingerprint density at radius 2 is 2.26 bits per heavy atom. The molecule has 2 heterocycles. The van der Waals surface area contributed by atoms with Crippen LogP contribution in [0.5, 0.6) is 0 Å². The molecule has 3 rings (SSSR count). The van der Waals surface area contributed by atoms with Crippen LogP contribution in [0.1, 0.15) is 26.2 Å². The lowest BCUT2D eigenvalue weighted by Gasteiger charge is -2.28. The van der Waals surface area contributed by atoms with Crippen molar-refractivity contribution in [1.29, 1.82) is 0 Å². The van der Waals surface area contributed by atoms with E-state index in [9.17, 15) is 9.59 Å². The summed E-state index contributed by atoms with van der Waals surface area (Å²) in [6, 6.07) is 7.69. The number of hydrogen-bond acceptors (Lipinski definition) is 4. The average molecular weight is 334 g/mol. The highest BCUT2D eigenvalue weighted by Gasteiger charge is 2.31. The van der Waals surface area contributed by atoms with E-state index in [-0.39, 0.29) is 29.6 Å². The topological polar surface area (TPSA) is 58.6 Å². The predicted octanol–water partition coefficient (Wildman–Crippen LogP) is 2.52.